The molecule has 3 rings (SSSR count). The van der Waals surface area contributed by atoms with Gasteiger partial charge in [-0.2, -0.15) is 0 Å². The van der Waals surface area contributed by atoms with E-state index in [9.17, 15) is 4.79 Å². The first kappa shape index (κ1) is 13.0. The normalized spacial score (nSPS) is 11.1. The van der Waals surface area contributed by atoms with Crippen molar-refractivity contribution in [1.29, 1.82) is 0 Å². The summed E-state index contributed by atoms with van der Waals surface area (Å²) in [6, 6.07) is 9.85. The maximum absolute atomic E-state index is 12.5. The number of thiophene rings is 1. The fraction of sp³-hybridized carbons (Fsp3) is 0.200. The summed E-state index contributed by atoms with van der Waals surface area (Å²) in [7, 11) is 0. The van der Waals surface area contributed by atoms with Crippen molar-refractivity contribution >= 4 is 21.6 Å². The molecule has 0 aliphatic heterocycles. The van der Waals surface area contributed by atoms with Gasteiger partial charge in [0, 0.05) is 24.1 Å². The summed E-state index contributed by atoms with van der Waals surface area (Å²) in [5, 5.41) is 11.5. The third-order valence-corrected chi connectivity index (χ3v) is 4.09. The van der Waals surface area contributed by atoms with Crippen LogP contribution >= 0.6 is 11.3 Å². The lowest BCUT2D eigenvalue weighted by Crippen LogP contribution is -2.20. The molecule has 0 aliphatic carbocycles. The zero-order chi connectivity index (χ0) is 13.9. The Bertz CT molecular complexity index is 777. The summed E-state index contributed by atoms with van der Waals surface area (Å²) < 4.78 is 1.57. The minimum atomic E-state index is -0.0384. The van der Waals surface area contributed by atoms with Crippen molar-refractivity contribution < 1.29 is 5.11 Å². The third-order valence-electron chi connectivity index (χ3n) is 3.20. The topological polar surface area (TPSA) is 55.1 Å². The van der Waals surface area contributed by atoms with Gasteiger partial charge < -0.3 is 5.11 Å². The Morgan fingerprint density at radius 2 is 2.05 bits per heavy atom. The molecular weight excluding hydrogens is 272 g/mol. The predicted octanol–water partition coefficient (Wildman–Crippen LogP) is 2.51. The number of nitrogens with zero attached hydrogens (tertiary/aromatic N) is 2. The van der Waals surface area contributed by atoms with Crippen LogP contribution in [0.2, 0.25) is 0 Å². The molecule has 0 atom stereocenters. The number of aryl methyl sites for hydroxylation is 1. The van der Waals surface area contributed by atoms with Crippen LogP contribution in [-0.4, -0.2) is 21.3 Å². The lowest BCUT2D eigenvalue weighted by molar-refractivity contribution is 0.279. The average molecular weight is 286 g/mol. The molecule has 1 aromatic carbocycles. The Balaban J connectivity index is 2.18. The van der Waals surface area contributed by atoms with Gasteiger partial charge in [-0.25, -0.2) is 4.98 Å². The highest BCUT2D eigenvalue weighted by Crippen LogP contribution is 2.30. The number of aromatic nitrogens is 2. The Morgan fingerprint density at radius 1 is 1.25 bits per heavy atom. The Morgan fingerprint density at radius 3 is 2.80 bits per heavy atom. The van der Waals surface area contributed by atoms with E-state index in [1.165, 1.54) is 11.3 Å². The summed E-state index contributed by atoms with van der Waals surface area (Å²) in [4.78, 5) is 17.6. The SMILES string of the molecule is O=c1c2c(-c3ccccc3)csc2ncn1CCCO. The van der Waals surface area contributed by atoms with E-state index in [4.69, 9.17) is 5.11 Å². The highest BCUT2D eigenvalue weighted by molar-refractivity contribution is 7.17. The van der Waals surface area contributed by atoms with Crippen LogP contribution in [0.25, 0.3) is 21.3 Å². The molecule has 2 heterocycles. The van der Waals surface area contributed by atoms with Crippen molar-refractivity contribution in [3.05, 3.63) is 52.4 Å². The van der Waals surface area contributed by atoms with Gasteiger partial charge in [-0.3, -0.25) is 9.36 Å². The van der Waals surface area contributed by atoms with Gasteiger partial charge in [-0.1, -0.05) is 30.3 Å². The van der Waals surface area contributed by atoms with E-state index in [0.29, 0.717) is 18.4 Å². The maximum atomic E-state index is 12.5. The Labute approximate surface area is 120 Å². The van der Waals surface area contributed by atoms with Gasteiger partial charge in [-0.05, 0) is 12.0 Å². The highest BCUT2D eigenvalue weighted by Gasteiger charge is 2.12. The number of aliphatic hydroxyl groups excluding tert-OH is 1. The van der Waals surface area contributed by atoms with Crippen LogP contribution in [0.1, 0.15) is 6.42 Å². The summed E-state index contributed by atoms with van der Waals surface area (Å²) in [5.74, 6) is 0. The largest absolute Gasteiger partial charge is 0.396 e. The van der Waals surface area contributed by atoms with Crippen molar-refractivity contribution in [2.45, 2.75) is 13.0 Å². The van der Waals surface area contributed by atoms with Gasteiger partial charge in [0.25, 0.3) is 5.56 Å². The highest BCUT2D eigenvalue weighted by atomic mass is 32.1. The Kier molecular flexibility index (Phi) is 3.62. The first-order valence-corrected chi connectivity index (χ1v) is 7.32. The predicted molar refractivity (Wildman–Crippen MR) is 81.0 cm³/mol. The lowest BCUT2D eigenvalue weighted by Gasteiger charge is -2.04. The second-order valence-electron chi connectivity index (χ2n) is 4.52. The smallest absolute Gasteiger partial charge is 0.262 e. The van der Waals surface area contributed by atoms with E-state index in [0.717, 1.165) is 16.0 Å². The van der Waals surface area contributed by atoms with Crippen molar-refractivity contribution in [2.75, 3.05) is 6.61 Å². The van der Waals surface area contributed by atoms with Crippen molar-refractivity contribution in [3.63, 3.8) is 0 Å². The third kappa shape index (κ3) is 2.26. The summed E-state index contributed by atoms with van der Waals surface area (Å²) in [5.41, 5.74) is 1.92. The molecule has 0 bridgehead atoms. The second kappa shape index (κ2) is 5.56. The van der Waals surface area contributed by atoms with E-state index in [-0.39, 0.29) is 12.2 Å². The van der Waals surface area contributed by atoms with Crippen LogP contribution in [0.15, 0.2) is 46.8 Å². The molecule has 102 valence electrons. The number of aliphatic hydroxyl groups is 1. The minimum absolute atomic E-state index is 0.0384. The maximum Gasteiger partial charge on any atom is 0.262 e. The molecular formula is C15H14N2O2S. The van der Waals surface area contributed by atoms with Gasteiger partial charge in [0.1, 0.15) is 4.83 Å². The van der Waals surface area contributed by atoms with Gasteiger partial charge in [0.2, 0.25) is 0 Å². The van der Waals surface area contributed by atoms with Crippen molar-refractivity contribution in [1.82, 2.24) is 9.55 Å². The summed E-state index contributed by atoms with van der Waals surface area (Å²) in [6.45, 7) is 0.558. The van der Waals surface area contributed by atoms with Gasteiger partial charge in [0.05, 0.1) is 11.7 Å². The minimum Gasteiger partial charge on any atom is -0.396 e. The molecule has 0 saturated heterocycles. The van der Waals surface area contributed by atoms with E-state index in [1.807, 2.05) is 35.7 Å². The van der Waals surface area contributed by atoms with Crippen LogP contribution in [-0.2, 0) is 6.54 Å². The summed E-state index contributed by atoms with van der Waals surface area (Å²) in [6.07, 6.45) is 2.11. The van der Waals surface area contributed by atoms with Gasteiger partial charge in [0.15, 0.2) is 0 Å². The molecule has 3 aromatic rings. The van der Waals surface area contributed by atoms with Crippen LogP contribution in [0.4, 0.5) is 0 Å². The lowest BCUT2D eigenvalue weighted by atomic mass is 10.1. The molecule has 2 aromatic heterocycles. The van der Waals surface area contributed by atoms with Crippen LogP contribution in [0, 0.1) is 0 Å². The molecule has 20 heavy (non-hydrogen) atoms. The zero-order valence-electron chi connectivity index (χ0n) is 10.8. The van der Waals surface area contributed by atoms with Crippen LogP contribution in [0.5, 0.6) is 0 Å². The quantitative estimate of drug-likeness (QED) is 0.801. The zero-order valence-corrected chi connectivity index (χ0v) is 11.6. The number of hydrogen-bond donors (Lipinski definition) is 1. The average Bonchev–Trinajstić information content (AvgIpc) is 2.92. The molecule has 0 fully saturated rings. The molecule has 0 radical (unpaired) electrons. The molecule has 0 spiro atoms. The molecule has 0 unspecified atom stereocenters. The fourth-order valence-electron chi connectivity index (χ4n) is 2.20. The van der Waals surface area contributed by atoms with Crippen molar-refractivity contribution in [3.8, 4) is 11.1 Å². The van der Waals surface area contributed by atoms with E-state index in [1.54, 1.807) is 10.9 Å². The molecule has 0 amide bonds. The molecule has 5 heteroatoms. The molecule has 4 nitrogen and oxygen atoms in total. The first-order valence-electron chi connectivity index (χ1n) is 6.44. The second-order valence-corrected chi connectivity index (χ2v) is 5.37. The van der Waals surface area contributed by atoms with Gasteiger partial charge in [-0.15, -0.1) is 11.3 Å². The van der Waals surface area contributed by atoms with E-state index in [2.05, 4.69) is 4.98 Å². The molecule has 0 aliphatic rings. The van der Waals surface area contributed by atoms with Crippen molar-refractivity contribution in [2.24, 2.45) is 0 Å². The Hall–Kier alpha value is -1.98. The van der Waals surface area contributed by atoms with Crippen LogP contribution in [0.3, 0.4) is 0 Å². The van der Waals surface area contributed by atoms with Crippen LogP contribution < -0.4 is 5.56 Å². The number of hydrogen-bond acceptors (Lipinski definition) is 4. The standard InChI is InChI=1S/C15H14N2O2S/c18-8-4-7-17-10-16-14-13(15(17)19)12(9-20-14)11-5-2-1-3-6-11/h1-3,5-6,9-10,18H,4,7-8H2. The van der Waals surface area contributed by atoms with Gasteiger partial charge >= 0.3 is 0 Å². The number of fused-ring (bicyclic) bond motifs is 1. The molecule has 0 saturated carbocycles. The molecule has 1 N–H and O–H groups in total. The first-order chi connectivity index (χ1) is 9.81. The van der Waals surface area contributed by atoms with E-state index < -0.39 is 0 Å². The number of benzene rings is 1. The monoisotopic (exact) mass is 286 g/mol. The summed E-state index contributed by atoms with van der Waals surface area (Å²) >= 11 is 1.48. The van der Waals surface area contributed by atoms with E-state index >= 15 is 0 Å². The number of rotatable bonds is 4. The fourth-order valence-corrected chi connectivity index (χ4v) is 3.10.